The molecule has 2 aliphatic carbocycles. The molecule has 1 amide bonds. The van der Waals surface area contributed by atoms with Gasteiger partial charge in [0.1, 0.15) is 12.3 Å². The maximum atomic E-state index is 13.2. The van der Waals surface area contributed by atoms with Crippen molar-refractivity contribution >= 4 is 28.0 Å². The molecule has 3 aromatic heterocycles. The van der Waals surface area contributed by atoms with E-state index in [4.69, 9.17) is 15.7 Å². The van der Waals surface area contributed by atoms with Crippen molar-refractivity contribution in [2.45, 2.75) is 50.6 Å². The van der Waals surface area contributed by atoms with Crippen molar-refractivity contribution < 1.29 is 9.18 Å². The highest BCUT2D eigenvalue weighted by Crippen LogP contribution is 2.41. The highest BCUT2D eigenvalue weighted by molar-refractivity contribution is 6.00. The van der Waals surface area contributed by atoms with Gasteiger partial charge in [-0.15, -0.1) is 0 Å². The molecule has 2 N–H and O–H groups in total. The molecule has 36 heavy (non-hydrogen) atoms. The number of alkyl halides is 1. The van der Waals surface area contributed by atoms with Crippen LogP contribution in [0.1, 0.15) is 53.2 Å². The van der Waals surface area contributed by atoms with Crippen molar-refractivity contribution in [2.24, 2.45) is 18.7 Å². The third-order valence-corrected chi connectivity index (χ3v) is 8.06. The Balaban J connectivity index is 1.33. The number of imidazole rings is 1. The number of aromatic nitrogens is 4. The number of hydrogen-bond donors (Lipinski definition) is 1. The summed E-state index contributed by atoms with van der Waals surface area (Å²) in [6.45, 7) is 1.12. The summed E-state index contributed by atoms with van der Waals surface area (Å²) in [7, 11) is 2.05. The molecule has 0 bridgehead atoms. The first kappa shape index (κ1) is 22.0. The van der Waals surface area contributed by atoms with Crippen molar-refractivity contribution in [1.82, 2.24) is 24.0 Å². The standard InChI is InChI=1S/C28H31FN6O/c1-33-24-10-18-8-9-34(15-20(30)13-29)28(36)21(18)12-23(24)32-27(33)25-11-19-6-7-22(17-4-5-17)31-26(19)35(25)14-16-2-3-16/h6-7,10-12,16-17,20H,2-5,8-9,13-15,30H2,1H3/t20-/m1/s1. The maximum absolute atomic E-state index is 13.2. The quantitative estimate of drug-likeness (QED) is 0.425. The average Bonchev–Trinajstić information content (AvgIpc) is 3.81. The lowest BCUT2D eigenvalue weighted by Crippen LogP contribution is -2.45. The molecule has 1 atom stereocenters. The largest absolute Gasteiger partial charge is 0.337 e. The van der Waals surface area contributed by atoms with Crippen molar-refractivity contribution in [3.63, 3.8) is 0 Å². The van der Waals surface area contributed by atoms with Gasteiger partial charge in [0.2, 0.25) is 0 Å². The number of amides is 1. The Bertz CT molecular complexity index is 1510. The molecule has 1 aliphatic heterocycles. The van der Waals surface area contributed by atoms with Crippen LogP contribution in [0.4, 0.5) is 4.39 Å². The predicted molar refractivity (Wildman–Crippen MR) is 138 cm³/mol. The fourth-order valence-corrected chi connectivity index (χ4v) is 5.63. The fraction of sp³-hybridized carbons (Fsp3) is 0.464. The van der Waals surface area contributed by atoms with Gasteiger partial charge in [0, 0.05) is 49.2 Å². The van der Waals surface area contributed by atoms with Crippen molar-refractivity contribution in [2.75, 3.05) is 19.8 Å². The van der Waals surface area contributed by atoms with Gasteiger partial charge in [-0.05, 0) is 73.9 Å². The molecule has 7 nitrogen and oxygen atoms in total. The van der Waals surface area contributed by atoms with Gasteiger partial charge in [0.25, 0.3) is 5.91 Å². The second kappa shape index (κ2) is 8.13. The van der Waals surface area contributed by atoms with Gasteiger partial charge in [-0.25, -0.2) is 14.4 Å². The van der Waals surface area contributed by atoms with Gasteiger partial charge in [-0.1, -0.05) is 0 Å². The first-order valence-electron chi connectivity index (χ1n) is 13.1. The van der Waals surface area contributed by atoms with Gasteiger partial charge < -0.3 is 19.8 Å². The molecule has 0 saturated heterocycles. The van der Waals surface area contributed by atoms with Gasteiger partial charge in [0.05, 0.1) is 22.8 Å². The van der Waals surface area contributed by atoms with Crippen LogP contribution in [-0.4, -0.2) is 55.7 Å². The Hall–Kier alpha value is -3.26. The number of hydrogen-bond acceptors (Lipinski definition) is 4. The highest BCUT2D eigenvalue weighted by Gasteiger charge is 2.30. The number of benzene rings is 1. The zero-order valence-electron chi connectivity index (χ0n) is 20.6. The average molecular weight is 487 g/mol. The third-order valence-electron chi connectivity index (χ3n) is 8.06. The molecule has 0 spiro atoms. The molecule has 4 aromatic rings. The predicted octanol–water partition coefficient (Wildman–Crippen LogP) is 4.17. The third kappa shape index (κ3) is 3.61. The minimum atomic E-state index is -0.650. The van der Waals surface area contributed by atoms with Crippen LogP contribution in [-0.2, 0) is 20.0 Å². The number of rotatable bonds is 7. The summed E-state index contributed by atoms with van der Waals surface area (Å²) in [5.41, 5.74) is 12.6. The van der Waals surface area contributed by atoms with Crippen LogP contribution in [0.25, 0.3) is 33.6 Å². The summed E-state index contributed by atoms with van der Waals surface area (Å²) in [6, 6.07) is 9.96. The number of halogens is 1. The molecule has 0 radical (unpaired) electrons. The fourth-order valence-electron chi connectivity index (χ4n) is 5.63. The van der Waals surface area contributed by atoms with Gasteiger partial charge >= 0.3 is 0 Å². The topological polar surface area (TPSA) is 82.0 Å². The molecule has 186 valence electrons. The van der Waals surface area contributed by atoms with Crippen LogP contribution in [0.5, 0.6) is 0 Å². The van der Waals surface area contributed by atoms with Crippen LogP contribution in [0.3, 0.4) is 0 Å². The summed E-state index contributed by atoms with van der Waals surface area (Å²) < 4.78 is 17.5. The summed E-state index contributed by atoms with van der Waals surface area (Å²) in [6.07, 6.45) is 5.73. The minimum Gasteiger partial charge on any atom is -0.337 e. The minimum absolute atomic E-state index is 0.0890. The lowest BCUT2D eigenvalue weighted by atomic mass is 9.97. The Morgan fingerprint density at radius 1 is 1.14 bits per heavy atom. The van der Waals surface area contributed by atoms with Gasteiger partial charge in [-0.2, -0.15) is 0 Å². The molecule has 4 heterocycles. The molecule has 8 heteroatoms. The molecular weight excluding hydrogens is 455 g/mol. The number of fused-ring (bicyclic) bond motifs is 3. The number of carbonyl (C=O) groups is 1. The van der Waals surface area contributed by atoms with E-state index in [0.717, 1.165) is 52.1 Å². The van der Waals surface area contributed by atoms with Crippen LogP contribution in [0.15, 0.2) is 30.3 Å². The molecule has 7 rings (SSSR count). The number of nitrogens with two attached hydrogens (primary N) is 1. The van der Waals surface area contributed by atoms with Gasteiger partial charge in [0.15, 0.2) is 5.82 Å². The molecule has 1 aromatic carbocycles. The smallest absolute Gasteiger partial charge is 0.254 e. The Kier molecular flexibility index (Phi) is 4.96. The summed E-state index contributed by atoms with van der Waals surface area (Å²) >= 11 is 0. The van der Waals surface area contributed by atoms with Gasteiger partial charge in [-0.3, -0.25) is 4.79 Å². The number of carbonyl (C=O) groups excluding carboxylic acids is 1. The van der Waals surface area contributed by atoms with E-state index in [0.29, 0.717) is 23.9 Å². The lowest BCUT2D eigenvalue weighted by molar-refractivity contribution is 0.0725. The van der Waals surface area contributed by atoms with E-state index in [2.05, 4.69) is 40.4 Å². The van der Waals surface area contributed by atoms with E-state index in [1.54, 1.807) is 4.90 Å². The first-order chi connectivity index (χ1) is 17.5. The number of pyridine rings is 1. The normalized spacial score (nSPS) is 18.9. The zero-order chi connectivity index (χ0) is 24.6. The Morgan fingerprint density at radius 2 is 1.97 bits per heavy atom. The molecule has 2 saturated carbocycles. The summed E-state index contributed by atoms with van der Waals surface area (Å²) in [5.74, 6) is 2.12. The monoisotopic (exact) mass is 486 g/mol. The van der Waals surface area contributed by atoms with Crippen molar-refractivity contribution in [3.8, 4) is 11.5 Å². The lowest BCUT2D eigenvalue weighted by Gasteiger charge is -2.30. The summed E-state index contributed by atoms with van der Waals surface area (Å²) in [4.78, 5) is 25.0. The van der Waals surface area contributed by atoms with E-state index in [9.17, 15) is 9.18 Å². The van der Waals surface area contributed by atoms with Crippen LogP contribution in [0.2, 0.25) is 0 Å². The molecule has 0 unspecified atom stereocenters. The molecular formula is C28H31FN6O. The van der Waals surface area contributed by atoms with E-state index in [1.165, 1.54) is 31.4 Å². The van der Waals surface area contributed by atoms with E-state index in [-0.39, 0.29) is 12.5 Å². The zero-order valence-corrected chi connectivity index (χ0v) is 20.6. The van der Waals surface area contributed by atoms with Crippen molar-refractivity contribution in [1.29, 1.82) is 0 Å². The number of aryl methyl sites for hydroxylation is 1. The van der Waals surface area contributed by atoms with E-state index < -0.39 is 12.7 Å². The van der Waals surface area contributed by atoms with Crippen LogP contribution >= 0.6 is 0 Å². The Labute approximate surface area is 209 Å². The number of nitrogens with zero attached hydrogens (tertiary/aromatic N) is 5. The second-order valence-corrected chi connectivity index (χ2v) is 10.9. The van der Waals surface area contributed by atoms with E-state index in [1.807, 2.05) is 6.07 Å². The summed E-state index contributed by atoms with van der Waals surface area (Å²) in [5, 5.41) is 1.15. The highest BCUT2D eigenvalue weighted by atomic mass is 19.1. The molecule has 3 aliphatic rings. The van der Waals surface area contributed by atoms with E-state index >= 15 is 0 Å². The first-order valence-corrected chi connectivity index (χ1v) is 13.1. The second-order valence-electron chi connectivity index (χ2n) is 10.9. The maximum Gasteiger partial charge on any atom is 0.254 e. The Morgan fingerprint density at radius 3 is 2.72 bits per heavy atom. The SMILES string of the molecule is Cn1c(-c2cc3ccc(C4CC4)nc3n2CC2CC2)nc2cc3c(cc21)CCN(C[C@H](N)CF)C3=O. The van der Waals surface area contributed by atoms with Crippen molar-refractivity contribution in [3.05, 3.63) is 47.2 Å². The van der Waals surface area contributed by atoms with Crippen LogP contribution in [0, 0.1) is 5.92 Å². The molecule has 2 fully saturated rings. The van der Waals surface area contributed by atoms with Crippen LogP contribution < -0.4 is 5.73 Å².